The first kappa shape index (κ1) is 22.4. The number of halogens is 1. The highest BCUT2D eigenvalue weighted by Crippen LogP contribution is 2.41. The summed E-state index contributed by atoms with van der Waals surface area (Å²) in [6.07, 6.45) is 1.89. The first-order valence-corrected chi connectivity index (χ1v) is 12.4. The smallest absolute Gasteiger partial charge is 0.238 e. The molecule has 0 atom stereocenters. The van der Waals surface area contributed by atoms with E-state index < -0.39 is 10.0 Å². The van der Waals surface area contributed by atoms with E-state index in [0.29, 0.717) is 27.8 Å². The van der Waals surface area contributed by atoms with Gasteiger partial charge < -0.3 is 5.32 Å². The van der Waals surface area contributed by atoms with E-state index in [9.17, 15) is 17.6 Å². The summed E-state index contributed by atoms with van der Waals surface area (Å²) >= 11 is 1.20. The molecule has 0 unspecified atom stereocenters. The Bertz CT molecular complexity index is 1300. The number of aryl methyl sites for hydroxylation is 1. The second-order valence-corrected chi connectivity index (χ2v) is 10.2. The second kappa shape index (κ2) is 8.64. The Hall–Kier alpha value is -2.76. The third-order valence-corrected chi connectivity index (χ3v) is 7.10. The Morgan fingerprint density at radius 1 is 1.25 bits per heavy atom. The minimum absolute atomic E-state index is 0.0280. The minimum Gasteiger partial charge on any atom is -0.325 e. The molecule has 3 aromatic rings. The molecule has 32 heavy (non-hydrogen) atoms. The van der Waals surface area contributed by atoms with E-state index in [-0.39, 0.29) is 28.4 Å². The molecule has 3 N–H and O–H groups in total. The number of carbonyl (C=O) groups excluding carboxylic acids is 1. The summed E-state index contributed by atoms with van der Waals surface area (Å²) in [6, 6.07) is 9.39. The van der Waals surface area contributed by atoms with Gasteiger partial charge in [0.15, 0.2) is 11.0 Å². The topological polar surface area (TPSA) is 120 Å². The summed E-state index contributed by atoms with van der Waals surface area (Å²) in [7, 11) is -3.90. The van der Waals surface area contributed by atoms with Crippen LogP contribution in [0.3, 0.4) is 0 Å². The highest BCUT2D eigenvalue weighted by atomic mass is 32.2. The molecule has 0 aliphatic heterocycles. The average molecular weight is 476 g/mol. The van der Waals surface area contributed by atoms with Crippen molar-refractivity contribution in [3.05, 3.63) is 53.3 Å². The van der Waals surface area contributed by atoms with Gasteiger partial charge in [0.05, 0.1) is 16.2 Å². The quantitative estimate of drug-likeness (QED) is 0.505. The highest BCUT2D eigenvalue weighted by Gasteiger charge is 2.31. The number of hydrogen-bond donors (Lipinski definition) is 2. The number of rotatable bonds is 7. The van der Waals surface area contributed by atoms with Gasteiger partial charge in [0.2, 0.25) is 15.9 Å². The van der Waals surface area contributed by atoms with Crippen LogP contribution < -0.4 is 10.5 Å². The first-order chi connectivity index (χ1) is 15.1. The van der Waals surface area contributed by atoms with Crippen molar-refractivity contribution in [3.8, 4) is 11.4 Å². The van der Waals surface area contributed by atoms with Crippen molar-refractivity contribution in [1.82, 2.24) is 14.8 Å². The van der Waals surface area contributed by atoms with Crippen LogP contribution in [0.1, 0.15) is 30.0 Å². The Morgan fingerprint density at radius 3 is 2.62 bits per heavy atom. The van der Waals surface area contributed by atoms with Gasteiger partial charge in [-0.1, -0.05) is 23.9 Å². The molecule has 11 heteroatoms. The van der Waals surface area contributed by atoms with Crippen LogP contribution in [0, 0.1) is 19.7 Å². The largest absolute Gasteiger partial charge is 0.325 e. The molecule has 1 saturated carbocycles. The van der Waals surface area contributed by atoms with Crippen molar-refractivity contribution in [2.45, 2.75) is 42.8 Å². The van der Waals surface area contributed by atoms with Gasteiger partial charge in [0, 0.05) is 11.7 Å². The Morgan fingerprint density at radius 2 is 1.97 bits per heavy atom. The minimum atomic E-state index is -3.90. The summed E-state index contributed by atoms with van der Waals surface area (Å²) in [6.45, 7) is 3.53. The van der Waals surface area contributed by atoms with Gasteiger partial charge >= 0.3 is 0 Å². The van der Waals surface area contributed by atoms with Crippen molar-refractivity contribution in [3.63, 3.8) is 0 Å². The molecule has 8 nitrogen and oxygen atoms in total. The van der Waals surface area contributed by atoms with Gasteiger partial charge in [-0.2, -0.15) is 0 Å². The number of aromatic nitrogens is 3. The van der Waals surface area contributed by atoms with Gasteiger partial charge in [-0.25, -0.2) is 17.9 Å². The van der Waals surface area contributed by atoms with Crippen molar-refractivity contribution in [1.29, 1.82) is 0 Å². The second-order valence-electron chi connectivity index (χ2n) is 7.68. The Labute approximate surface area is 189 Å². The highest BCUT2D eigenvalue weighted by molar-refractivity contribution is 7.99. The molecule has 2 aromatic carbocycles. The normalized spacial score (nSPS) is 13.9. The summed E-state index contributed by atoms with van der Waals surface area (Å²) in [5.74, 6) is -0.236. The molecule has 1 aliphatic carbocycles. The lowest BCUT2D eigenvalue weighted by atomic mass is 10.1. The fraction of sp³-hybridized carbons (Fsp3) is 0.286. The number of carbonyl (C=O) groups is 1. The SMILES string of the molecule is Cc1cc(S(N)(=O)=O)cc(NC(=O)CSc2nnc(-c3ccccc3F)n2C2CC2)c1C. The van der Waals surface area contributed by atoms with Crippen LogP contribution in [0.4, 0.5) is 10.1 Å². The summed E-state index contributed by atoms with van der Waals surface area (Å²) in [4.78, 5) is 12.5. The zero-order chi connectivity index (χ0) is 23.0. The number of anilines is 1. The van der Waals surface area contributed by atoms with Crippen LogP contribution in [-0.4, -0.2) is 34.8 Å². The van der Waals surface area contributed by atoms with E-state index in [4.69, 9.17) is 5.14 Å². The molecule has 1 amide bonds. The third-order valence-electron chi connectivity index (χ3n) is 5.27. The molecule has 1 aromatic heterocycles. The van der Waals surface area contributed by atoms with E-state index in [1.165, 1.54) is 30.0 Å². The number of sulfonamides is 1. The van der Waals surface area contributed by atoms with Crippen molar-refractivity contribution in [2.24, 2.45) is 5.14 Å². The number of nitrogens with one attached hydrogen (secondary N) is 1. The van der Waals surface area contributed by atoms with Gasteiger partial charge in [-0.3, -0.25) is 9.36 Å². The molecular weight excluding hydrogens is 453 g/mol. The fourth-order valence-electron chi connectivity index (χ4n) is 3.30. The summed E-state index contributed by atoms with van der Waals surface area (Å²) in [5, 5.41) is 16.9. The molecule has 0 bridgehead atoms. The lowest BCUT2D eigenvalue weighted by Gasteiger charge is -2.13. The number of benzene rings is 2. The van der Waals surface area contributed by atoms with Crippen LogP contribution in [-0.2, 0) is 14.8 Å². The molecule has 1 fully saturated rings. The standard InChI is InChI=1S/C21H22FN5O3S2/c1-12-9-15(32(23,29)30)10-18(13(12)2)24-19(28)11-31-21-26-25-20(27(21)14-7-8-14)16-5-3-4-6-17(16)22/h3-6,9-10,14H,7-8,11H2,1-2H3,(H,24,28)(H2,23,29,30). The molecular formula is C21H22FN5O3S2. The maximum atomic E-state index is 14.3. The number of amides is 1. The Kier molecular flexibility index (Phi) is 6.06. The molecule has 0 saturated heterocycles. The first-order valence-electron chi connectivity index (χ1n) is 9.91. The van der Waals surface area contributed by atoms with E-state index in [1.54, 1.807) is 32.0 Å². The van der Waals surface area contributed by atoms with E-state index in [0.717, 1.165) is 18.4 Å². The third kappa shape index (κ3) is 4.69. The summed E-state index contributed by atoms with van der Waals surface area (Å²) < 4.78 is 39.6. The predicted molar refractivity (Wildman–Crippen MR) is 120 cm³/mol. The molecule has 0 spiro atoms. The average Bonchev–Trinajstić information content (AvgIpc) is 3.48. The van der Waals surface area contributed by atoms with Gasteiger partial charge in [-0.15, -0.1) is 10.2 Å². The summed E-state index contributed by atoms with van der Waals surface area (Å²) in [5.41, 5.74) is 2.20. The molecule has 168 valence electrons. The number of thioether (sulfide) groups is 1. The molecule has 1 heterocycles. The number of primary sulfonamides is 1. The lowest BCUT2D eigenvalue weighted by molar-refractivity contribution is -0.113. The number of nitrogens with zero attached hydrogens (tertiary/aromatic N) is 3. The predicted octanol–water partition coefficient (Wildman–Crippen LogP) is 3.41. The zero-order valence-corrected chi connectivity index (χ0v) is 19.1. The van der Waals surface area contributed by atoms with Crippen LogP contribution >= 0.6 is 11.8 Å². The van der Waals surface area contributed by atoms with Crippen molar-refractivity contribution < 1.29 is 17.6 Å². The monoisotopic (exact) mass is 475 g/mol. The van der Waals surface area contributed by atoms with Crippen LogP contribution in [0.25, 0.3) is 11.4 Å². The van der Waals surface area contributed by atoms with Crippen LogP contribution in [0.2, 0.25) is 0 Å². The van der Waals surface area contributed by atoms with Gasteiger partial charge in [-0.05, 0) is 62.1 Å². The van der Waals surface area contributed by atoms with Crippen molar-refractivity contribution in [2.75, 3.05) is 11.1 Å². The molecule has 1 aliphatic rings. The molecule has 0 radical (unpaired) electrons. The maximum absolute atomic E-state index is 14.3. The van der Waals surface area contributed by atoms with E-state index in [1.807, 2.05) is 4.57 Å². The van der Waals surface area contributed by atoms with Gasteiger partial charge in [0.25, 0.3) is 0 Å². The fourth-order valence-corrected chi connectivity index (χ4v) is 4.73. The van der Waals surface area contributed by atoms with Crippen molar-refractivity contribution >= 4 is 33.4 Å². The van der Waals surface area contributed by atoms with Crippen LogP contribution in [0.5, 0.6) is 0 Å². The lowest BCUT2D eigenvalue weighted by Crippen LogP contribution is -2.18. The molecule has 4 rings (SSSR count). The van der Waals surface area contributed by atoms with Gasteiger partial charge in [0.1, 0.15) is 5.82 Å². The van der Waals surface area contributed by atoms with E-state index >= 15 is 0 Å². The maximum Gasteiger partial charge on any atom is 0.238 e. The number of nitrogens with two attached hydrogens (primary N) is 1. The number of hydrogen-bond acceptors (Lipinski definition) is 6. The zero-order valence-electron chi connectivity index (χ0n) is 17.5. The Balaban J connectivity index is 1.52. The van der Waals surface area contributed by atoms with E-state index in [2.05, 4.69) is 15.5 Å². The van der Waals surface area contributed by atoms with Crippen LogP contribution in [0.15, 0.2) is 46.5 Å².